The van der Waals surface area contributed by atoms with E-state index in [2.05, 4.69) is 4.98 Å². The van der Waals surface area contributed by atoms with E-state index in [9.17, 15) is 14.4 Å². The molecule has 1 aliphatic heterocycles. The van der Waals surface area contributed by atoms with E-state index in [1.165, 1.54) is 21.1 Å². The maximum atomic E-state index is 13.5. The van der Waals surface area contributed by atoms with Gasteiger partial charge in [0.2, 0.25) is 0 Å². The molecule has 1 aliphatic rings. The number of hydrogen-bond donors (Lipinski definition) is 0. The summed E-state index contributed by atoms with van der Waals surface area (Å²) in [6, 6.07) is 19.6. The van der Waals surface area contributed by atoms with E-state index in [1.807, 2.05) is 31.2 Å². The number of aromatic nitrogens is 1. The van der Waals surface area contributed by atoms with Gasteiger partial charge in [-0.1, -0.05) is 41.7 Å². The SMILES string of the molecule is CCOc1ccc(CN2C(=O)c3ccccc3C2=O)cc1C(=O)N(C)c1nc2ccccc2s1. The van der Waals surface area contributed by atoms with Gasteiger partial charge in [0.05, 0.1) is 40.1 Å². The summed E-state index contributed by atoms with van der Waals surface area (Å²) in [4.78, 5) is 46.3. The van der Waals surface area contributed by atoms with Crippen LogP contribution in [0.25, 0.3) is 10.2 Å². The number of rotatable bonds is 6. The third-order valence-electron chi connectivity index (χ3n) is 5.67. The molecule has 3 aromatic carbocycles. The van der Waals surface area contributed by atoms with Gasteiger partial charge in [0, 0.05) is 7.05 Å². The van der Waals surface area contributed by atoms with Crippen molar-refractivity contribution in [2.45, 2.75) is 13.5 Å². The van der Waals surface area contributed by atoms with Crippen LogP contribution in [0.5, 0.6) is 5.75 Å². The highest BCUT2D eigenvalue weighted by Gasteiger charge is 2.35. The molecule has 0 N–H and O–H groups in total. The zero-order valence-electron chi connectivity index (χ0n) is 18.6. The Morgan fingerprint density at radius 1 is 1.00 bits per heavy atom. The van der Waals surface area contributed by atoms with E-state index >= 15 is 0 Å². The van der Waals surface area contributed by atoms with Crippen LogP contribution < -0.4 is 9.64 Å². The van der Waals surface area contributed by atoms with Crippen LogP contribution in [0.4, 0.5) is 5.13 Å². The largest absolute Gasteiger partial charge is 0.493 e. The van der Waals surface area contributed by atoms with Crippen molar-refractivity contribution in [1.29, 1.82) is 0 Å². The van der Waals surface area contributed by atoms with Crippen molar-refractivity contribution in [2.75, 3.05) is 18.6 Å². The lowest BCUT2D eigenvalue weighted by molar-refractivity contribution is 0.0642. The summed E-state index contributed by atoms with van der Waals surface area (Å²) in [5, 5.41) is 0.569. The number of carbonyl (C=O) groups is 3. The van der Waals surface area contributed by atoms with Crippen molar-refractivity contribution in [3.63, 3.8) is 0 Å². The van der Waals surface area contributed by atoms with Crippen molar-refractivity contribution >= 4 is 44.4 Å². The number of nitrogens with zero attached hydrogens (tertiary/aromatic N) is 3. The molecular formula is C26H21N3O4S. The number of carbonyl (C=O) groups excluding carboxylic acids is 3. The Kier molecular flexibility index (Phi) is 5.59. The number of thiazole rings is 1. The second kappa shape index (κ2) is 8.72. The van der Waals surface area contributed by atoms with Gasteiger partial charge in [0.1, 0.15) is 5.75 Å². The number of amides is 3. The summed E-state index contributed by atoms with van der Waals surface area (Å²) >= 11 is 1.43. The fourth-order valence-electron chi connectivity index (χ4n) is 3.96. The van der Waals surface area contributed by atoms with Gasteiger partial charge < -0.3 is 4.74 Å². The molecule has 0 fully saturated rings. The first-order valence-corrected chi connectivity index (χ1v) is 11.6. The molecule has 0 bridgehead atoms. The molecule has 4 aromatic rings. The molecule has 0 saturated heterocycles. The first-order chi connectivity index (χ1) is 16.5. The number of hydrogen-bond acceptors (Lipinski definition) is 6. The highest BCUT2D eigenvalue weighted by Crippen LogP contribution is 2.31. The van der Waals surface area contributed by atoms with Crippen molar-refractivity contribution in [1.82, 2.24) is 9.88 Å². The van der Waals surface area contributed by atoms with Gasteiger partial charge in [-0.05, 0) is 48.9 Å². The van der Waals surface area contributed by atoms with Gasteiger partial charge in [-0.2, -0.15) is 0 Å². The highest BCUT2D eigenvalue weighted by atomic mass is 32.1. The third-order valence-corrected chi connectivity index (χ3v) is 6.78. The molecular weight excluding hydrogens is 450 g/mol. The summed E-state index contributed by atoms with van der Waals surface area (Å²) in [6.45, 7) is 2.30. The minimum Gasteiger partial charge on any atom is -0.493 e. The number of fused-ring (bicyclic) bond motifs is 2. The second-order valence-electron chi connectivity index (χ2n) is 7.83. The Hall–Kier alpha value is -4.04. The van der Waals surface area contributed by atoms with Crippen LogP contribution in [-0.2, 0) is 6.54 Å². The van der Waals surface area contributed by atoms with Gasteiger partial charge in [-0.25, -0.2) is 4.98 Å². The van der Waals surface area contributed by atoms with Crippen LogP contribution in [-0.4, -0.2) is 41.3 Å². The quantitative estimate of drug-likeness (QED) is 0.379. The van der Waals surface area contributed by atoms with Crippen LogP contribution in [0.15, 0.2) is 66.7 Å². The average molecular weight is 472 g/mol. The molecule has 0 spiro atoms. The Morgan fingerprint density at radius 2 is 1.68 bits per heavy atom. The molecule has 1 aromatic heterocycles. The molecule has 5 rings (SSSR count). The number of ether oxygens (including phenoxy) is 1. The Balaban J connectivity index is 1.45. The third kappa shape index (κ3) is 3.72. The minimum atomic E-state index is -0.339. The van der Waals surface area contributed by atoms with E-state index in [4.69, 9.17) is 4.74 Å². The van der Waals surface area contributed by atoms with Gasteiger partial charge in [-0.15, -0.1) is 0 Å². The molecule has 0 radical (unpaired) electrons. The lowest BCUT2D eigenvalue weighted by Crippen LogP contribution is -2.30. The summed E-state index contributed by atoms with van der Waals surface area (Å²) in [5.41, 5.74) is 2.61. The standard InChI is InChI=1S/C26H21N3O4S/c1-3-33-21-13-12-16(15-29-24(31)17-8-4-5-9-18(17)25(29)32)14-19(21)23(30)28(2)26-27-20-10-6-7-11-22(20)34-26/h4-14H,3,15H2,1-2H3. The molecule has 0 atom stereocenters. The predicted octanol–water partition coefficient (Wildman–Crippen LogP) is 4.77. The van der Waals surface area contributed by atoms with Gasteiger partial charge in [0.25, 0.3) is 17.7 Å². The Labute approximate surface area is 200 Å². The average Bonchev–Trinajstić information content (AvgIpc) is 3.40. The minimum absolute atomic E-state index is 0.0594. The predicted molar refractivity (Wildman–Crippen MR) is 131 cm³/mol. The van der Waals surface area contributed by atoms with Gasteiger partial charge in [0.15, 0.2) is 5.13 Å². The second-order valence-corrected chi connectivity index (χ2v) is 8.84. The first kappa shape index (κ1) is 21.8. The summed E-state index contributed by atoms with van der Waals surface area (Å²) < 4.78 is 6.70. The molecule has 34 heavy (non-hydrogen) atoms. The van der Waals surface area contributed by atoms with E-state index in [0.29, 0.717) is 39.7 Å². The lowest BCUT2D eigenvalue weighted by atomic mass is 10.1. The molecule has 8 heteroatoms. The maximum Gasteiger partial charge on any atom is 0.263 e. The molecule has 2 heterocycles. The lowest BCUT2D eigenvalue weighted by Gasteiger charge is -2.19. The normalized spacial score (nSPS) is 12.8. The van der Waals surface area contributed by atoms with Gasteiger partial charge in [-0.3, -0.25) is 24.2 Å². The topological polar surface area (TPSA) is 79.8 Å². The number of anilines is 1. The highest BCUT2D eigenvalue weighted by molar-refractivity contribution is 7.22. The van der Waals surface area contributed by atoms with E-state index in [-0.39, 0.29) is 24.3 Å². The Bertz CT molecular complexity index is 1380. The molecule has 3 amide bonds. The van der Waals surface area contributed by atoms with Gasteiger partial charge >= 0.3 is 0 Å². The van der Waals surface area contributed by atoms with Crippen molar-refractivity contribution < 1.29 is 19.1 Å². The van der Waals surface area contributed by atoms with Crippen molar-refractivity contribution in [3.8, 4) is 5.75 Å². The van der Waals surface area contributed by atoms with E-state index < -0.39 is 0 Å². The van der Waals surface area contributed by atoms with Crippen LogP contribution in [0.1, 0.15) is 43.6 Å². The van der Waals surface area contributed by atoms with E-state index in [0.717, 1.165) is 10.2 Å². The zero-order chi connectivity index (χ0) is 23.8. The van der Waals surface area contributed by atoms with Crippen molar-refractivity contribution in [3.05, 3.63) is 89.0 Å². The summed E-state index contributed by atoms with van der Waals surface area (Å²) in [5.74, 6) is -0.527. The molecule has 0 aliphatic carbocycles. The fourth-order valence-corrected chi connectivity index (χ4v) is 4.89. The number of imide groups is 1. The summed E-state index contributed by atoms with van der Waals surface area (Å²) in [6.07, 6.45) is 0. The first-order valence-electron chi connectivity index (χ1n) is 10.8. The number of benzene rings is 3. The maximum absolute atomic E-state index is 13.5. The monoisotopic (exact) mass is 471 g/mol. The number of para-hydroxylation sites is 1. The van der Waals surface area contributed by atoms with E-state index in [1.54, 1.807) is 49.5 Å². The van der Waals surface area contributed by atoms with Crippen LogP contribution >= 0.6 is 11.3 Å². The molecule has 0 saturated carbocycles. The summed E-state index contributed by atoms with van der Waals surface area (Å²) in [7, 11) is 1.67. The molecule has 7 nitrogen and oxygen atoms in total. The molecule has 170 valence electrons. The fraction of sp³-hybridized carbons (Fsp3) is 0.154. The zero-order valence-corrected chi connectivity index (χ0v) is 19.5. The molecule has 0 unspecified atom stereocenters. The van der Waals surface area contributed by atoms with Crippen LogP contribution in [0.3, 0.4) is 0 Å². The smallest absolute Gasteiger partial charge is 0.263 e. The Morgan fingerprint density at radius 3 is 2.35 bits per heavy atom. The van der Waals surface area contributed by atoms with Crippen LogP contribution in [0.2, 0.25) is 0 Å². The van der Waals surface area contributed by atoms with Crippen molar-refractivity contribution in [2.24, 2.45) is 0 Å². The van der Waals surface area contributed by atoms with Crippen LogP contribution in [0, 0.1) is 0 Å².